The molecule has 3 aromatic heterocycles. The Hall–Kier alpha value is -2.45. The molecule has 0 saturated carbocycles. The van der Waals surface area contributed by atoms with Gasteiger partial charge in [0.2, 0.25) is 11.8 Å². The molecular weight excluding hydrogens is 440 g/mol. The van der Waals surface area contributed by atoms with Gasteiger partial charge in [0.15, 0.2) is 5.16 Å². The molecule has 0 saturated heterocycles. The topological polar surface area (TPSA) is 73.8 Å². The van der Waals surface area contributed by atoms with Crippen molar-refractivity contribution in [2.75, 3.05) is 0 Å². The Morgan fingerprint density at radius 3 is 2.84 bits per heavy atom. The van der Waals surface area contributed by atoms with Gasteiger partial charge >= 0.3 is 0 Å². The number of thiophene rings is 1. The van der Waals surface area contributed by atoms with E-state index in [0.29, 0.717) is 18.3 Å². The van der Waals surface area contributed by atoms with Crippen LogP contribution in [0, 0.1) is 0 Å². The van der Waals surface area contributed by atoms with Gasteiger partial charge in [0.1, 0.15) is 4.83 Å². The Labute approximate surface area is 195 Å². The first-order valence-electron chi connectivity index (χ1n) is 11.3. The Bertz CT molecular complexity index is 1290. The van der Waals surface area contributed by atoms with Gasteiger partial charge in [-0.3, -0.25) is 9.36 Å². The molecule has 1 unspecified atom stereocenters. The SMILES string of the molecule is CCCCCn1c(SC(C)c2nnc(-c3ccccc3)o2)nc2sc3c(c2c1=O)CCC3. The molecule has 6 nitrogen and oxygen atoms in total. The van der Waals surface area contributed by atoms with E-state index in [1.54, 1.807) is 11.3 Å². The van der Waals surface area contributed by atoms with E-state index >= 15 is 0 Å². The Morgan fingerprint density at radius 2 is 2.03 bits per heavy atom. The summed E-state index contributed by atoms with van der Waals surface area (Å²) in [5.41, 5.74) is 2.24. The highest BCUT2D eigenvalue weighted by Crippen LogP contribution is 2.38. The molecule has 32 heavy (non-hydrogen) atoms. The summed E-state index contributed by atoms with van der Waals surface area (Å²) in [5, 5.41) is 9.96. The molecule has 0 spiro atoms. The molecule has 3 heterocycles. The summed E-state index contributed by atoms with van der Waals surface area (Å²) in [5.74, 6) is 1.04. The largest absolute Gasteiger partial charge is 0.419 e. The first-order valence-corrected chi connectivity index (χ1v) is 13.0. The van der Waals surface area contributed by atoms with E-state index in [9.17, 15) is 4.79 Å². The lowest BCUT2D eigenvalue weighted by molar-refractivity contribution is 0.506. The van der Waals surface area contributed by atoms with E-state index in [0.717, 1.165) is 59.5 Å². The first kappa shape index (κ1) is 21.4. The lowest BCUT2D eigenvalue weighted by Gasteiger charge is -2.14. The van der Waals surface area contributed by atoms with Crippen molar-refractivity contribution in [3.63, 3.8) is 0 Å². The van der Waals surface area contributed by atoms with Gasteiger partial charge in [-0.1, -0.05) is 49.7 Å². The summed E-state index contributed by atoms with van der Waals surface area (Å²) in [4.78, 5) is 20.7. The summed E-state index contributed by atoms with van der Waals surface area (Å²) in [7, 11) is 0. The number of nitrogens with zero attached hydrogens (tertiary/aromatic N) is 4. The van der Waals surface area contributed by atoms with Crippen LogP contribution in [0.15, 0.2) is 44.7 Å². The predicted octanol–water partition coefficient (Wildman–Crippen LogP) is 6.04. The lowest BCUT2D eigenvalue weighted by Crippen LogP contribution is -2.23. The molecule has 0 bridgehead atoms. The van der Waals surface area contributed by atoms with Crippen molar-refractivity contribution >= 4 is 33.3 Å². The molecule has 0 aliphatic heterocycles. The molecule has 1 aliphatic rings. The third kappa shape index (κ3) is 4.01. The zero-order valence-electron chi connectivity index (χ0n) is 18.3. The molecule has 166 valence electrons. The number of hydrogen-bond acceptors (Lipinski definition) is 7. The van der Waals surface area contributed by atoms with Crippen LogP contribution in [0.4, 0.5) is 0 Å². The van der Waals surface area contributed by atoms with E-state index in [-0.39, 0.29) is 10.8 Å². The van der Waals surface area contributed by atoms with Crippen molar-refractivity contribution in [3.05, 3.63) is 57.0 Å². The van der Waals surface area contributed by atoms with E-state index < -0.39 is 0 Å². The molecule has 5 rings (SSSR count). The van der Waals surface area contributed by atoms with Gasteiger partial charge in [0, 0.05) is 17.0 Å². The van der Waals surface area contributed by atoms with Crippen molar-refractivity contribution < 1.29 is 4.42 Å². The van der Waals surface area contributed by atoms with Crippen LogP contribution < -0.4 is 5.56 Å². The molecule has 1 atom stereocenters. The highest BCUT2D eigenvalue weighted by molar-refractivity contribution is 7.99. The number of unbranched alkanes of at least 4 members (excludes halogenated alkanes) is 2. The lowest BCUT2D eigenvalue weighted by atomic mass is 10.2. The smallest absolute Gasteiger partial charge is 0.263 e. The van der Waals surface area contributed by atoms with Crippen molar-refractivity contribution in [1.82, 2.24) is 19.7 Å². The van der Waals surface area contributed by atoms with E-state index in [2.05, 4.69) is 17.1 Å². The molecule has 0 radical (unpaired) electrons. The van der Waals surface area contributed by atoms with Gasteiger partial charge in [0.05, 0.1) is 10.6 Å². The molecule has 1 aromatic carbocycles. The fraction of sp³-hybridized carbons (Fsp3) is 0.417. The molecule has 0 N–H and O–H groups in total. The van der Waals surface area contributed by atoms with Crippen LogP contribution in [0.3, 0.4) is 0 Å². The van der Waals surface area contributed by atoms with Gasteiger partial charge < -0.3 is 4.42 Å². The Balaban J connectivity index is 1.48. The Morgan fingerprint density at radius 1 is 1.19 bits per heavy atom. The van der Waals surface area contributed by atoms with Crippen LogP contribution in [-0.2, 0) is 19.4 Å². The number of benzene rings is 1. The van der Waals surface area contributed by atoms with Gasteiger partial charge in [-0.05, 0) is 50.3 Å². The molecule has 1 aliphatic carbocycles. The Kier molecular flexibility index (Phi) is 6.15. The average Bonchev–Trinajstić information content (AvgIpc) is 3.52. The third-order valence-electron chi connectivity index (χ3n) is 5.87. The molecule has 4 aromatic rings. The van der Waals surface area contributed by atoms with Gasteiger partial charge in [-0.15, -0.1) is 21.5 Å². The quantitative estimate of drug-likeness (QED) is 0.179. The number of aryl methyl sites for hydroxylation is 2. The number of thioether (sulfide) groups is 1. The van der Waals surface area contributed by atoms with E-state index in [4.69, 9.17) is 9.40 Å². The predicted molar refractivity (Wildman–Crippen MR) is 129 cm³/mol. The molecular formula is C24H26N4O2S2. The van der Waals surface area contributed by atoms with Crippen LogP contribution in [0.5, 0.6) is 0 Å². The van der Waals surface area contributed by atoms with Crippen molar-refractivity contribution in [3.8, 4) is 11.5 Å². The standard InChI is InChI=1S/C24H26N4O2S2/c1-3-4-8-14-28-23(29)19-17-12-9-13-18(17)32-22(19)25-24(28)31-15(2)20-26-27-21(30-20)16-10-6-5-7-11-16/h5-7,10-11,15H,3-4,8-9,12-14H2,1-2H3. The van der Waals surface area contributed by atoms with Gasteiger partial charge in [0.25, 0.3) is 5.56 Å². The maximum absolute atomic E-state index is 13.5. The van der Waals surface area contributed by atoms with Crippen LogP contribution >= 0.6 is 23.1 Å². The van der Waals surface area contributed by atoms with E-state index in [1.807, 2.05) is 41.8 Å². The van der Waals surface area contributed by atoms with Gasteiger partial charge in [-0.2, -0.15) is 0 Å². The minimum absolute atomic E-state index is 0.107. The summed E-state index contributed by atoms with van der Waals surface area (Å²) in [6.07, 6.45) is 6.37. The normalized spacial score (nSPS) is 14.2. The number of hydrogen-bond donors (Lipinski definition) is 0. The summed E-state index contributed by atoms with van der Waals surface area (Å²) >= 11 is 3.21. The van der Waals surface area contributed by atoms with Crippen molar-refractivity contribution in [2.24, 2.45) is 0 Å². The number of fused-ring (bicyclic) bond motifs is 3. The first-order chi connectivity index (χ1) is 15.7. The zero-order chi connectivity index (χ0) is 22.1. The third-order valence-corrected chi connectivity index (χ3v) is 8.13. The second-order valence-electron chi connectivity index (χ2n) is 8.17. The minimum atomic E-state index is -0.117. The van der Waals surface area contributed by atoms with Crippen LogP contribution in [0.25, 0.3) is 21.7 Å². The maximum Gasteiger partial charge on any atom is 0.263 e. The summed E-state index contributed by atoms with van der Waals surface area (Å²) in [6.45, 7) is 4.89. The summed E-state index contributed by atoms with van der Waals surface area (Å²) in [6, 6.07) is 9.76. The highest BCUT2D eigenvalue weighted by atomic mass is 32.2. The highest BCUT2D eigenvalue weighted by Gasteiger charge is 2.25. The van der Waals surface area contributed by atoms with Crippen LogP contribution in [0.1, 0.15) is 61.1 Å². The minimum Gasteiger partial charge on any atom is -0.419 e. The molecule has 0 amide bonds. The van der Waals surface area contributed by atoms with Crippen molar-refractivity contribution in [1.29, 1.82) is 0 Å². The number of aromatic nitrogens is 4. The number of rotatable bonds is 8. The average molecular weight is 467 g/mol. The molecule has 0 fully saturated rings. The fourth-order valence-electron chi connectivity index (χ4n) is 4.17. The molecule has 8 heteroatoms. The zero-order valence-corrected chi connectivity index (χ0v) is 20.0. The van der Waals surface area contributed by atoms with Crippen LogP contribution in [0.2, 0.25) is 0 Å². The van der Waals surface area contributed by atoms with Gasteiger partial charge in [-0.25, -0.2) is 4.98 Å². The summed E-state index contributed by atoms with van der Waals surface area (Å²) < 4.78 is 7.83. The monoisotopic (exact) mass is 466 g/mol. The second-order valence-corrected chi connectivity index (χ2v) is 10.6. The maximum atomic E-state index is 13.5. The van der Waals surface area contributed by atoms with Crippen molar-refractivity contribution in [2.45, 2.75) is 69.3 Å². The second kappa shape index (κ2) is 9.19. The fourth-order valence-corrected chi connectivity index (χ4v) is 6.44. The van der Waals surface area contributed by atoms with Crippen LogP contribution in [-0.4, -0.2) is 19.7 Å². The van der Waals surface area contributed by atoms with E-state index in [1.165, 1.54) is 22.2 Å².